The Labute approximate surface area is 153 Å². The summed E-state index contributed by atoms with van der Waals surface area (Å²) >= 11 is 1.56. The number of fused-ring (bicyclic) bond motifs is 3. The minimum absolute atomic E-state index is 0.00289. The lowest BCUT2D eigenvalue weighted by Gasteiger charge is -2.08. The summed E-state index contributed by atoms with van der Waals surface area (Å²) in [6.07, 6.45) is 3.08. The summed E-state index contributed by atoms with van der Waals surface area (Å²) in [5.74, 6) is -0.460. The summed E-state index contributed by atoms with van der Waals surface area (Å²) < 4.78 is 10.6. The topological polar surface area (TPSA) is 56.5 Å². The third kappa shape index (κ3) is 3.30. The van der Waals surface area contributed by atoms with Crippen LogP contribution in [0.1, 0.15) is 11.1 Å². The molecule has 2 aromatic carbocycles. The largest absolute Gasteiger partial charge is 0.458 e. The van der Waals surface area contributed by atoms with Gasteiger partial charge in [-0.2, -0.15) is 11.3 Å². The Balaban J connectivity index is 1.66. The van der Waals surface area contributed by atoms with Gasteiger partial charge in [0.15, 0.2) is 0 Å². The average Bonchev–Trinajstić information content (AvgIpc) is 3.17. The summed E-state index contributed by atoms with van der Waals surface area (Å²) in [6.45, 7) is 0.00289. The number of thiophene rings is 1. The molecule has 4 rings (SSSR count). The molecule has 0 atom stereocenters. The third-order valence-electron chi connectivity index (χ3n) is 4.04. The Hall–Kier alpha value is -3.18. The highest BCUT2D eigenvalue weighted by molar-refractivity contribution is 7.08. The second-order valence-corrected chi connectivity index (χ2v) is 6.53. The highest BCUT2D eigenvalue weighted by atomic mass is 32.1. The first-order valence-electron chi connectivity index (χ1n) is 8.02. The molecule has 0 aliphatic rings. The normalized spacial score (nSPS) is 11.4. The second kappa shape index (κ2) is 6.98. The van der Waals surface area contributed by atoms with Crippen LogP contribution in [0.15, 0.2) is 74.6 Å². The third-order valence-corrected chi connectivity index (χ3v) is 4.74. The van der Waals surface area contributed by atoms with Gasteiger partial charge in [-0.25, -0.2) is 9.59 Å². The van der Waals surface area contributed by atoms with Crippen molar-refractivity contribution in [3.05, 3.63) is 86.9 Å². The Bertz CT molecular complexity index is 1170. The van der Waals surface area contributed by atoms with Gasteiger partial charge >= 0.3 is 11.6 Å². The molecule has 4 aromatic rings. The molecule has 0 saturated carbocycles. The maximum Gasteiger partial charge on any atom is 0.336 e. The molecule has 2 aromatic heterocycles. The Kier molecular flexibility index (Phi) is 4.37. The van der Waals surface area contributed by atoms with Crippen LogP contribution in [-0.4, -0.2) is 5.97 Å². The van der Waals surface area contributed by atoms with Gasteiger partial charge < -0.3 is 9.15 Å². The van der Waals surface area contributed by atoms with E-state index in [1.165, 1.54) is 12.1 Å². The van der Waals surface area contributed by atoms with E-state index in [0.29, 0.717) is 11.1 Å². The van der Waals surface area contributed by atoms with Crippen molar-refractivity contribution in [2.75, 3.05) is 0 Å². The fourth-order valence-corrected chi connectivity index (χ4v) is 3.49. The van der Waals surface area contributed by atoms with Crippen LogP contribution in [0.25, 0.3) is 27.8 Å². The lowest BCUT2D eigenvalue weighted by molar-refractivity contribution is -0.138. The van der Waals surface area contributed by atoms with Crippen molar-refractivity contribution < 1.29 is 13.9 Å². The molecule has 0 fully saturated rings. The number of rotatable bonds is 4. The predicted octanol–water partition coefficient (Wildman–Crippen LogP) is 4.76. The van der Waals surface area contributed by atoms with Crippen LogP contribution in [0.4, 0.5) is 0 Å². The molecule has 26 heavy (non-hydrogen) atoms. The first kappa shape index (κ1) is 16.3. The van der Waals surface area contributed by atoms with Crippen molar-refractivity contribution >= 4 is 45.1 Å². The van der Waals surface area contributed by atoms with E-state index in [2.05, 4.69) is 0 Å². The molecule has 0 bridgehead atoms. The summed E-state index contributed by atoms with van der Waals surface area (Å²) in [5.41, 5.74) is 1.60. The van der Waals surface area contributed by atoms with Crippen LogP contribution in [0.2, 0.25) is 0 Å². The van der Waals surface area contributed by atoms with E-state index in [9.17, 15) is 9.59 Å². The molecule has 4 nitrogen and oxygen atoms in total. The van der Waals surface area contributed by atoms with Gasteiger partial charge in [-0.15, -0.1) is 0 Å². The van der Waals surface area contributed by atoms with Gasteiger partial charge in [0.25, 0.3) is 0 Å². The molecule has 0 N–H and O–H groups in total. The molecule has 0 aliphatic heterocycles. The van der Waals surface area contributed by atoms with E-state index < -0.39 is 11.6 Å². The van der Waals surface area contributed by atoms with Gasteiger partial charge in [0.05, 0.1) is 0 Å². The molecule has 5 heteroatoms. The standard InChI is InChI=1S/C21H14O4S/c22-19(8-5-14-9-10-26-13-14)24-12-16-11-20(23)25-18-7-6-15-3-1-2-4-17(15)21(16)18/h1-11,13H,12H2/b8-5+. The minimum Gasteiger partial charge on any atom is -0.458 e. The van der Waals surface area contributed by atoms with E-state index in [1.807, 2.05) is 47.2 Å². The fraction of sp³-hybridized carbons (Fsp3) is 0.0476. The minimum atomic E-state index is -0.465. The van der Waals surface area contributed by atoms with Crippen molar-refractivity contribution in [3.63, 3.8) is 0 Å². The van der Waals surface area contributed by atoms with E-state index in [4.69, 9.17) is 9.15 Å². The fourth-order valence-electron chi connectivity index (χ4n) is 2.86. The first-order chi connectivity index (χ1) is 12.7. The van der Waals surface area contributed by atoms with Crippen molar-refractivity contribution in [2.24, 2.45) is 0 Å². The van der Waals surface area contributed by atoms with Crippen molar-refractivity contribution in [1.29, 1.82) is 0 Å². The number of esters is 1. The van der Waals surface area contributed by atoms with Gasteiger partial charge in [0.2, 0.25) is 0 Å². The monoisotopic (exact) mass is 362 g/mol. The van der Waals surface area contributed by atoms with E-state index in [0.717, 1.165) is 21.7 Å². The number of carbonyl (C=O) groups excluding carboxylic acids is 1. The van der Waals surface area contributed by atoms with Crippen LogP contribution in [0.3, 0.4) is 0 Å². The zero-order chi connectivity index (χ0) is 17.9. The molecule has 128 valence electrons. The van der Waals surface area contributed by atoms with Crippen molar-refractivity contribution in [1.82, 2.24) is 0 Å². The highest BCUT2D eigenvalue weighted by Crippen LogP contribution is 2.27. The molecular formula is C21H14O4S. The Morgan fingerprint density at radius 3 is 2.88 bits per heavy atom. The summed E-state index contributed by atoms with van der Waals surface area (Å²) in [6, 6.07) is 14.8. The van der Waals surface area contributed by atoms with Crippen LogP contribution in [0.5, 0.6) is 0 Å². The molecular weight excluding hydrogens is 348 g/mol. The second-order valence-electron chi connectivity index (χ2n) is 5.75. The van der Waals surface area contributed by atoms with Gasteiger partial charge in [-0.05, 0) is 45.3 Å². The lowest BCUT2D eigenvalue weighted by atomic mass is 10.0. The maximum absolute atomic E-state index is 12.0. The lowest BCUT2D eigenvalue weighted by Crippen LogP contribution is -2.06. The molecule has 0 saturated heterocycles. The molecule has 0 aliphatic carbocycles. The molecule has 0 amide bonds. The number of carbonyl (C=O) groups is 1. The highest BCUT2D eigenvalue weighted by Gasteiger charge is 2.11. The van der Waals surface area contributed by atoms with Gasteiger partial charge in [0, 0.05) is 23.1 Å². The number of hydrogen-bond acceptors (Lipinski definition) is 5. The number of hydrogen-bond donors (Lipinski definition) is 0. The SMILES string of the molecule is O=C(/C=C/c1ccsc1)OCc1cc(=O)oc2ccc3ccccc3c12. The van der Waals surface area contributed by atoms with Crippen molar-refractivity contribution in [3.8, 4) is 0 Å². The van der Waals surface area contributed by atoms with E-state index in [1.54, 1.807) is 23.5 Å². The molecule has 0 radical (unpaired) electrons. The molecule has 2 heterocycles. The zero-order valence-electron chi connectivity index (χ0n) is 13.7. The quantitative estimate of drug-likeness (QED) is 0.227. The molecule has 0 spiro atoms. The summed E-state index contributed by atoms with van der Waals surface area (Å²) in [4.78, 5) is 23.8. The van der Waals surface area contributed by atoms with Crippen LogP contribution in [0, 0.1) is 0 Å². The maximum atomic E-state index is 12.0. The van der Waals surface area contributed by atoms with E-state index >= 15 is 0 Å². The van der Waals surface area contributed by atoms with Gasteiger partial charge in [-0.3, -0.25) is 0 Å². The smallest absolute Gasteiger partial charge is 0.336 e. The molecule has 0 unspecified atom stereocenters. The van der Waals surface area contributed by atoms with Crippen molar-refractivity contribution in [2.45, 2.75) is 6.61 Å². The Morgan fingerprint density at radius 1 is 1.15 bits per heavy atom. The van der Waals surface area contributed by atoms with Crippen LogP contribution in [-0.2, 0) is 16.1 Å². The Morgan fingerprint density at radius 2 is 2.04 bits per heavy atom. The van der Waals surface area contributed by atoms with Crippen LogP contribution < -0.4 is 5.63 Å². The zero-order valence-corrected chi connectivity index (χ0v) is 14.5. The first-order valence-corrected chi connectivity index (χ1v) is 8.96. The number of ether oxygens (including phenoxy) is 1. The van der Waals surface area contributed by atoms with Gasteiger partial charge in [-0.1, -0.05) is 30.3 Å². The van der Waals surface area contributed by atoms with Gasteiger partial charge in [0.1, 0.15) is 12.2 Å². The van der Waals surface area contributed by atoms with E-state index in [-0.39, 0.29) is 6.61 Å². The number of benzene rings is 2. The predicted molar refractivity (Wildman–Crippen MR) is 103 cm³/mol. The average molecular weight is 362 g/mol. The van der Waals surface area contributed by atoms with Crippen LogP contribution >= 0.6 is 11.3 Å². The summed E-state index contributed by atoms with van der Waals surface area (Å²) in [7, 11) is 0. The summed E-state index contributed by atoms with van der Waals surface area (Å²) in [5, 5.41) is 6.64.